The monoisotopic (exact) mass is 644 g/mol. The van der Waals surface area contributed by atoms with Crippen molar-refractivity contribution in [2.75, 3.05) is 20.3 Å². The molecule has 1 aromatic carbocycles. The first-order valence-corrected chi connectivity index (χ1v) is 16.4. The van der Waals surface area contributed by atoms with Crippen LogP contribution in [-0.2, 0) is 45.5 Å². The number of fused-ring (bicyclic) bond motifs is 6. The van der Waals surface area contributed by atoms with Gasteiger partial charge in [0.15, 0.2) is 11.6 Å². The van der Waals surface area contributed by atoms with E-state index in [1.807, 2.05) is 33.0 Å². The number of hydrogen-bond donors (Lipinski definition) is 2. The second kappa shape index (κ2) is 13.9. The number of aromatic nitrogens is 4. The van der Waals surface area contributed by atoms with Crippen LogP contribution in [0.2, 0.25) is 0 Å². The number of carbonyl (C=O) groups excluding carboxylic acids is 2. The number of rotatable bonds is 6. The van der Waals surface area contributed by atoms with Crippen LogP contribution in [0.25, 0.3) is 27.9 Å². The summed E-state index contributed by atoms with van der Waals surface area (Å²) in [6.07, 6.45) is 5.31. The Morgan fingerprint density at radius 1 is 1.34 bits per heavy atom. The predicted octanol–water partition coefficient (Wildman–Crippen LogP) is 3.97. The van der Waals surface area contributed by atoms with Gasteiger partial charge in [0.2, 0.25) is 0 Å². The molecule has 2 aliphatic heterocycles. The van der Waals surface area contributed by atoms with Crippen molar-refractivity contribution in [2.45, 2.75) is 85.0 Å². The zero-order valence-electron chi connectivity index (χ0n) is 28.7. The van der Waals surface area contributed by atoms with Gasteiger partial charge in [-0.25, -0.2) is 15.1 Å². The SMILES string of the molecule is C=C/C(=C(\N=CC)[C@H](C)OC)c1c2c3cc(ccc3n1CC)-c1nc(nn1C)C[C@H](N)C(=O)N1CCC[C@H](N1)C(=O)OCC(C)(C)C2. The van der Waals surface area contributed by atoms with E-state index in [1.165, 1.54) is 5.01 Å². The smallest absolute Gasteiger partial charge is 0.324 e. The molecule has 252 valence electrons. The number of aryl methyl sites for hydroxylation is 2. The average Bonchev–Trinajstić information content (AvgIpc) is 3.57. The maximum atomic E-state index is 13.4. The van der Waals surface area contributed by atoms with E-state index >= 15 is 0 Å². The molecule has 0 aliphatic carbocycles. The Balaban J connectivity index is 1.75. The lowest BCUT2D eigenvalue weighted by atomic mass is 9.84. The molecule has 6 bridgehead atoms. The number of benzene rings is 1. The van der Waals surface area contributed by atoms with E-state index in [2.05, 4.69) is 54.6 Å². The van der Waals surface area contributed by atoms with Gasteiger partial charge < -0.3 is 19.8 Å². The molecule has 0 radical (unpaired) electrons. The standard InChI is InChI=1S/C35H48N8O4/c1-9-23(30(37-10-2)21(4)46-8)31-25-19-35(5,6)20-47-34(45)27-13-12-16-43(39-27)33(44)26(36)18-29-38-32(41(7)40-29)22-14-15-28(24(25)17-22)42(31)11-3/h9-10,14-15,17,21,26-27,39H,1,11-13,16,18-20,36H2,2-8H3/b30-23+,37-10?/t21-,26-,27-/m0/s1. The highest BCUT2D eigenvalue weighted by atomic mass is 16.5. The van der Waals surface area contributed by atoms with Gasteiger partial charge in [-0.3, -0.25) is 19.6 Å². The van der Waals surface area contributed by atoms with Crippen molar-refractivity contribution >= 4 is 34.6 Å². The van der Waals surface area contributed by atoms with E-state index < -0.39 is 17.5 Å². The number of hydrazine groups is 1. The molecule has 0 spiro atoms. The number of nitrogens with one attached hydrogen (secondary N) is 1. The normalized spacial score (nSPS) is 21.8. The molecule has 1 fully saturated rings. The van der Waals surface area contributed by atoms with Crippen molar-refractivity contribution in [1.29, 1.82) is 0 Å². The molecule has 3 aromatic rings. The highest BCUT2D eigenvalue weighted by Crippen LogP contribution is 2.40. The summed E-state index contributed by atoms with van der Waals surface area (Å²) >= 11 is 0. The van der Waals surface area contributed by atoms with E-state index in [0.717, 1.165) is 39.0 Å². The fourth-order valence-corrected chi connectivity index (χ4v) is 6.62. The largest absolute Gasteiger partial charge is 0.464 e. The van der Waals surface area contributed by atoms with Gasteiger partial charge in [0, 0.05) is 67.3 Å². The van der Waals surface area contributed by atoms with E-state index in [0.29, 0.717) is 44.0 Å². The third-order valence-electron chi connectivity index (χ3n) is 9.01. The van der Waals surface area contributed by atoms with Crippen LogP contribution in [0.4, 0.5) is 0 Å². The number of aliphatic imine (C=N–C) groups is 1. The molecule has 3 atom stereocenters. The Labute approximate surface area is 276 Å². The second-order valence-corrected chi connectivity index (χ2v) is 13.1. The lowest BCUT2D eigenvalue weighted by Crippen LogP contribution is -2.59. The predicted molar refractivity (Wildman–Crippen MR) is 183 cm³/mol. The number of hydrogen-bond acceptors (Lipinski definition) is 9. The number of esters is 1. The van der Waals surface area contributed by atoms with Crippen LogP contribution < -0.4 is 11.2 Å². The van der Waals surface area contributed by atoms with Crippen LogP contribution >= 0.6 is 0 Å². The molecule has 1 amide bonds. The minimum absolute atomic E-state index is 0.157. The van der Waals surface area contributed by atoms with Gasteiger partial charge in [-0.2, -0.15) is 5.10 Å². The first-order chi connectivity index (χ1) is 22.4. The molecule has 3 N–H and O–H groups in total. The number of cyclic esters (lactones) is 1. The van der Waals surface area contributed by atoms with Crippen LogP contribution in [0.5, 0.6) is 0 Å². The molecule has 1 saturated heterocycles. The van der Waals surface area contributed by atoms with E-state index in [-0.39, 0.29) is 31.0 Å². The van der Waals surface area contributed by atoms with Crippen LogP contribution in [-0.4, -0.2) is 80.9 Å². The Hall–Kier alpha value is -4.13. The molecule has 0 unspecified atom stereocenters. The number of nitrogens with zero attached hydrogens (tertiary/aromatic N) is 6. The Morgan fingerprint density at radius 2 is 2.11 bits per heavy atom. The van der Waals surface area contributed by atoms with Crippen molar-refractivity contribution in [1.82, 2.24) is 29.8 Å². The van der Waals surface area contributed by atoms with Gasteiger partial charge in [-0.1, -0.05) is 26.5 Å². The summed E-state index contributed by atoms with van der Waals surface area (Å²) in [6.45, 7) is 15.7. The van der Waals surface area contributed by atoms with Gasteiger partial charge in [-0.05, 0) is 63.8 Å². The molecule has 47 heavy (non-hydrogen) atoms. The lowest BCUT2D eigenvalue weighted by Gasteiger charge is -2.34. The molecule has 2 aliphatic rings. The van der Waals surface area contributed by atoms with Crippen molar-refractivity contribution in [3.8, 4) is 11.4 Å². The zero-order chi connectivity index (χ0) is 34.0. The summed E-state index contributed by atoms with van der Waals surface area (Å²) in [7, 11) is 3.52. The van der Waals surface area contributed by atoms with E-state index in [9.17, 15) is 9.59 Å². The van der Waals surface area contributed by atoms with Gasteiger partial charge >= 0.3 is 5.97 Å². The van der Waals surface area contributed by atoms with Gasteiger partial charge in [0.1, 0.15) is 6.04 Å². The highest BCUT2D eigenvalue weighted by Gasteiger charge is 2.34. The molecule has 4 heterocycles. The molecular formula is C35H48N8O4. The van der Waals surface area contributed by atoms with Crippen molar-refractivity contribution in [3.63, 3.8) is 0 Å². The minimum atomic E-state index is -0.876. The lowest BCUT2D eigenvalue weighted by molar-refractivity contribution is -0.154. The Morgan fingerprint density at radius 3 is 2.79 bits per heavy atom. The summed E-state index contributed by atoms with van der Waals surface area (Å²) in [6, 6.07) is 4.78. The van der Waals surface area contributed by atoms with Crippen LogP contribution in [0.15, 0.2) is 41.5 Å². The average molecular weight is 645 g/mol. The van der Waals surface area contributed by atoms with Crippen LogP contribution in [0.1, 0.15) is 64.5 Å². The molecule has 5 rings (SSSR count). The number of methoxy groups -OCH3 is 1. The highest BCUT2D eigenvalue weighted by molar-refractivity contribution is 5.95. The summed E-state index contributed by atoms with van der Waals surface area (Å²) in [5.74, 6) is 0.448. The fourth-order valence-electron chi connectivity index (χ4n) is 6.62. The van der Waals surface area contributed by atoms with Gasteiger partial charge in [0.25, 0.3) is 5.91 Å². The first kappa shape index (κ1) is 34.2. The summed E-state index contributed by atoms with van der Waals surface area (Å²) < 4.78 is 15.7. The third-order valence-corrected chi connectivity index (χ3v) is 9.01. The van der Waals surface area contributed by atoms with Gasteiger partial charge in [0.05, 0.1) is 30.1 Å². The number of ether oxygens (including phenoxy) is 2. The minimum Gasteiger partial charge on any atom is -0.464 e. The van der Waals surface area contributed by atoms with E-state index in [4.69, 9.17) is 25.2 Å². The summed E-state index contributed by atoms with van der Waals surface area (Å²) in [5.41, 5.74) is 14.7. The Kier molecular flexibility index (Phi) is 10.1. The molecular weight excluding hydrogens is 596 g/mol. The number of nitrogens with two attached hydrogens (primary N) is 1. The zero-order valence-corrected chi connectivity index (χ0v) is 28.7. The summed E-state index contributed by atoms with van der Waals surface area (Å²) in [4.78, 5) is 36.2. The maximum Gasteiger partial charge on any atom is 0.324 e. The number of carbonyl (C=O) groups is 2. The van der Waals surface area contributed by atoms with Crippen molar-refractivity contribution in [2.24, 2.45) is 23.2 Å². The maximum absolute atomic E-state index is 13.4. The third kappa shape index (κ3) is 6.81. The molecule has 0 saturated carbocycles. The van der Waals surface area contributed by atoms with Crippen LogP contribution in [0, 0.1) is 5.41 Å². The van der Waals surface area contributed by atoms with Crippen molar-refractivity contribution < 1.29 is 19.1 Å². The Bertz CT molecular complexity index is 1730. The molecule has 12 nitrogen and oxygen atoms in total. The quantitative estimate of drug-likeness (QED) is 0.233. The van der Waals surface area contributed by atoms with Crippen LogP contribution in [0.3, 0.4) is 0 Å². The fraction of sp³-hybridized carbons (Fsp3) is 0.514. The number of allylic oxidation sites excluding steroid dienone is 2. The molecule has 12 heteroatoms. The van der Waals surface area contributed by atoms with Crippen molar-refractivity contribution in [3.05, 3.63) is 53.6 Å². The van der Waals surface area contributed by atoms with E-state index in [1.54, 1.807) is 18.0 Å². The second-order valence-electron chi connectivity index (χ2n) is 13.1. The van der Waals surface area contributed by atoms with Gasteiger partial charge in [-0.15, -0.1) is 0 Å². The first-order valence-electron chi connectivity index (χ1n) is 16.4. The number of amides is 1. The topological polar surface area (TPSA) is 142 Å². The molecule has 2 aromatic heterocycles. The summed E-state index contributed by atoms with van der Waals surface area (Å²) in [5, 5.41) is 7.12.